The van der Waals surface area contributed by atoms with Crippen LogP contribution < -0.4 is 9.80 Å². The second-order valence-electron chi connectivity index (χ2n) is 11.5. The maximum atomic E-state index is 2.31. The smallest absolute Gasteiger partial charge is 0.0462 e. The van der Waals surface area contributed by atoms with Crippen LogP contribution in [0.25, 0.3) is 11.6 Å². The number of nitrogens with zero attached hydrogens (tertiary/aromatic N) is 2. The van der Waals surface area contributed by atoms with Gasteiger partial charge >= 0.3 is 0 Å². The minimum atomic E-state index is 1.13. The van der Waals surface area contributed by atoms with E-state index in [1.165, 1.54) is 33.4 Å². The van der Waals surface area contributed by atoms with Crippen molar-refractivity contribution < 1.29 is 0 Å². The number of hydrogen-bond acceptors (Lipinski definition) is 2. The Morgan fingerprint density at radius 1 is 0.386 bits per heavy atom. The Morgan fingerprint density at radius 3 is 1.09 bits per heavy atom. The molecule has 6 rings (SSSR count). The number of para-hydroxylation sites is 1. The van der Waals surface area contributed by atoms with Crippen molar-refractivity contribution in [2.45, 2.75) is 27.7 Å². The molecule has 0 aliphatic rings. The van der Waals surface area contributed by atoms with E-state index in [9.17, 15) is 0 Å². The number of hydrogen-bond donors (Lipinski definition) is 0. The quantitative estimate of drug-likeness (QED) is 0.168. The molecule has 0 fully saturated rings. The van der Waals surface area contributed by atoms with Crippen molar-refractivity contribution in [2.75, 3.05) is 9.80 Å². The maximum absolute atomic E-state index is 2.31. The first-order valence-corrected chi connectivity index (χ1v) is 15.2. The van der Waals surface area contributed by atoms with Crippen LogP contribution in [0.4, 0.5) is 34.1 Å². The first kappa shape index (κ1) is 28.8. The third-order valence-corrected chi connectivity index (χ3v) is 8.01. The summed E-state index contributed by atoms with van der Waals surface area (Å²) in [4.78, 5) is 4.61. The third kappa shape index (κ3) is 6.50. The number of rotatable bonds is 8. The average Bonchev–Trinajstić information content (AvgIpc) is 3.06. The summed E-state index contributed by atoms with van der Waals surface area (Å²) >= 11 is 0. The standard InChI is InChI=1S/C42H38N2/c1-31-10-20-38(21-11-31)43(37-8-6-5-7-9-37)41-26-16-35(17-27-41)30-34(4)36-18-28-42(29-19-36)44(39-22-12-32(2)13-23-39)40-24-14-33(3)15-25-40/h5-30H,1-4H3/b34-30+. The molecule has 6 aromatic rings. The van der Waals surface area contributed by atoms with Gasteiger partial charge < -0.3 is 9.80 Å². The lowest BCUT2D eigenvalue weighted by Crippen LogP contribution is -2.10. The highest BCUT2D eigenvalue weighted by Gasteiger charge is 2.14. The van der Waals surface area contributed by atoms with Gasteiger partial charge in [-0.2, -0.15) is 0 Å². The van der Waals surface area contributed by atoms with E-state index in [2.05, 4.69) is 195 Å². The van der Waals surface area contributed by atoms with Gasteiger partial charge in [-0.25, -0.2) is 0 Å². The van der Waals surface area contributed by atoms with E-state index in [0.717, 1.165) is 34.1 Å². The normalized spacial score (nSPS) is 11.3. The number of benzene rings is 6. The van der Waals surface area contributed by atoms with Crippen molar-refractivity contribution >= 4 is 45.8 Å². The van der Waals surface area contributed by atoms with E-state index in [1.54, 1.807) is 0 Å². The number of aryl methyl sites for hydroxylation is 3. The Balaban J connectivity index is 1.26. The van der Waals surface area contributed by atoms with Crippen LogP contribution in [0.3, 0.4) is 0 Å². The zero-order chi connectivity index (χ0) is 30.5. The Kier molecular flexibility index (Phi) is 8.43. The zero-order valence-corrected chi connectivity index (χ0v) is 25.9. The van der Waals surface area contributed by atoms with E-state index >= 15 is 0 Å². The van der Waals surface area contributed by atoms with Crippen LogP contribution in [0.15, 0.2) is 152 Å². The number of anilines is 6. The fourth-order valence-corrected chi connectivity index (χ4v) is 5.48. The van der Waals surface area contributed by atoms with Gasteiger partial charge in [-0.05, 0) is 117 Å². The van der Waals surface area contributed by atoms with Gasteiger partial charge in [-0.3, -0.25) is 0 Å². The summed E-state index contributed by atoms with van der Waals surface area (Å²) < 4.78 is 0. The van der Waals surface area contributed by atoms with Gasteiger partial charge in [0.15, 0.2) is 0 Å². The Labute approximate surface area is 262 Å². The molecule has 0 unspecified atom stereocenters. The molecule has 0 aliphatic carbocycles. The van der Waals surface area contributed by atoms with Crippen molar-refractivity contribution in [3.63, 3.8) is 0 Å². The summed E-state index contributed by atoms with van der Waals surface area (Å²) in [5.41, 5.74) is 14.2. The molecular weight excluding hydrogens is 532 g/mol. The average molecular weight is 571 g/mol. The van der Waals surface area contributed by atoms with Crippen LogP contribution in [0.5, 0.6) is 0 Å². The van der Waals surface area contributed by atoms with Gasteiger partial charge in [-0.1, -0.05) is 102 Å². The van der Waals surface area contributed by atoms with Gasteiger partial charge in [0.1, 0.15) is 0 Å². The predicted octanol–water partition coefficient (Wildman–Crippen LogP) is 12.1. The second kappa shape index (κ2) is 12.9. The Hall–Kier alpha value is -5.34. The molecule has 216 valence electrons. The minimum Gasteiger partial charge on any atom is -0.311 e. The molecule has 0 heterocycles. The van der Waals surface area contributed by atoms with Crippen LogP contribution in [0.1, 0.15) is 34.7 Å². The monoisotopic (exact) mass is 570 g/mol. The highest BCUT2D eigenvalue weighted by Crippen LogP contribution is 2.37. The van der Waals surface area contributed by atoms with Gasteiger partial charge in [0, 0.05) is 34.1 Å². The number of allylic oxidation sites excluding steroid dienone is 1. The molecule has 2 nitrogen and oxygen atoms in total. The minimum absolute atomic E-state index is 1.13. The molecule has 6 aromatic carbocycles. The van der Waals surface area contributed by atoms with E-state index < -0.39 is 0 Å². The summed E-state index contributed by atoms with van der Waals surface area (Å²) in [6.45, 7) is 8.56. The zero-order valence-electron chi connectivity index (χ0n) is 25.9. The van der Waals surface area contributed by atoms with E-state index in [0.29, 0.717) is 0 Å². The van der Waals surface area contributed by atoms with Crippen LogP contribution in [-0.4, -0.2) is 0 Å². The Bertz CT molecular complexity index is 1790. The lowest BCUT2D eigenvalue weighted by atomic mass is 10.0. The van der Waals surface area contributed by atoms with E-state index in [-0.39, 0.29) is 0 Å². The molecule has 0 aromatic heterocycles. The summed E-state index contributed by atoms with van der Waals surface area (Å²) in [6, 6.07) is 54.4. The summed E-state index contributed by atoms with van der Waals surface area (Å²) in [6.07, 6.45) is 2.26. The molecule has 0 aliphatic heterocycles. The summed E-state index contributed by atoms with van der Waals surface area (Å²) in [5.74, 6) is 0. The van der Waals surface area contributed by atoms with Crippen molar-refractivity contribution in [2.24, 2.45) is 0 Å². The van der Waals surface area contributed by atoms with E-state index in [1.807, 2.05) is 0 Å². The molecule has 0 spiro atoms. The molecule has 0 radical (unpaired) electrons. The summed E-state index contributed by atoms with van der Waals surface area (Å²) in [5, 5.41) is 0. The molecule has 0 saturated carbocycles. The highest BCUT2D eigenvalue weighted by atomic mass is 15.1. The molecule has 2 heteroatoms. The van der Waals surface area contributed by atoms with Crippen LogP contribution in [0.2, 0.25) is 0 Å². The molecule has 44 heavy (non-hydrogen) atoms. The summed E-state index contributed by atoms with van der Waals surface area (Å²) in [7, 11) is 0. The first-order valence-electron chi connectivity index (χ1n) is 15.2. The highest BCUT2D eigenvalue weighted by molar-refractivity contribution is 5.84. The molecule has 0 amide bonds. The molecule has 0 N–H and O–H groups in total. The van der Waals surface area contributed by atoms with Gasteiger partial charge in [0.2, 0.25) is 0 Å². The largest absolute Gasteiger partial charge is 0.311 e. The van der Waals surface area contributed by atoms with Crippen molar-refractivity contribution in [1.82, 2.24) is 0 Å². The SMILES string of the molecule is C/C(=C\c1ccc(N(c2ccccc2)c2ccc(C)cc2)cc1)c1ccc(N(c2ccc(C)cc2)c2ccc(C)cc2)cc1. The fourth-order valence-electron chi connectivity index (χ4n) is 5.48. The van der Waals surface area contributed by atoms with Crippen molar-refractivity contribution in [3.05, 3.63) is 179 Å². The van der Waals surface area contributed by atoms with Gasteiger partial charge in [0.25, 0.3) is 0 Å². The van der Waals surface area contributed by atoms with Crippen LogP contribution >= 0.6 is 0 Å². The Morgan fingerprint density at radius 2 is 0.705 bits per heavy atom. The van der Waals surface area contributed by atoms with Gasteiger partial charge in [-0.15, -0.1) is 0 Å². The van der Waals surface area contributed by atoms with Crippen LogP contribution in [-0.2, 0) is 0 Å². The maximum Gasteiger partial charge on any atom is 0.0462 e. The molecule has 0 bridgehead atoms. The van der Waals surface area contributed by atoms with Crippen molar-refractivity contribution in [3.8, 4) is 0 Å². The van der Waals surface area contributed by atoms with E-state index in [4.69, 9.17) is 0 Å². The molecule has 0 atom stereocenters. The second-order valence-corrected chi connectivity index (χ2v) is 11.5. The molecule has 0 saturated heterocycles. The molecular formula is C42H38N2. The third-order valence-electron chi connectivity index (χ3n) is 8.01. The van der Waals surface area contributed by atoms with Crippen LogP contribution in [0, 0.1) is 20.8 Å². The lowest BCUT2D eigenvalue weighted by Gasteiger charge is -2.26. The fraction of sp³-hybridized carbons (Fsp3) is 0.0952. The lowest BCUT2D eigenvalue weighted by molar-refractivity contribution is 1.27. The van der Waals surface area contributed by atoms with Gasteiger partial charge in [0.05, 0.1) is 0 Å². The first-order chi connectivity index (χ1) is 21.4. The van der Waals surface area contributed by atoms with Crippen molar-refractivity contribution in [1.29, 1.82) is 0 Å². The topological polar surface area (TPSA) is 6.48 Å². The predicted molar refractivity (Wildman–Crippen MR) is 190 cm³/mol.